The van der Waals surface area contributed by atoms with Crippen molar-refractivity contribution in [3.05, 3.63) is 0 Å². The van der Waals surface area contributed by atoms with Crippen LogP contribution in [0.2, 0.25) is 6.82 Å². The highest BCUT2D eigenvalue weighted by atomic mass is 16.5. The SMILES string of the molecule is C[B]COCC(=O)O. The van der Waals surface area contributed by atoms with E-state index in [1.54, 1.807) is 7.28 Å². The van der Waals surface area contributed by atoms with Gasteiger partial charge >= 0.3 is 5.97 Å². The Balaban J connectivity index is 2.82. The van der Waals surface area contributed by atoms with Gasteiger partial charge in [-0.15, -0.1) is 0 Å². The summed E-state index contributed by atoms with van der Waals surface area (Å²) in [6, 6.07) is 0. The first-order chi connectivity index (χ1) is 3.77. The van der Waals surface area contributed by atoms with E-state index >= 15 is 0 Å². The number of carboxylic acids is 1. The lowest BCUT2D eigenvalue weighted by Gasteiger charge is -1.93. The van der Waals surface area contributed by atoms with Crippen LogP contribution in [-0.4, -0.2) is 31.5 Å². The van der Waals surface area contributed by atoms with Crippen molar-refractivity contribution in [3.63, 3.8) is 0 Å². The van der Waals surface area contributed by atoms with Gasteiger partial charge in [-0.1, -0.05) is 6.82 Å². The highest BCUT2D eigenvalue weighted by Gasteiger charge is 1.92. The van der Waals surface area contributed by atoms with E-state index < -0.39 is 5.97 Å². The summed E-state index contributed by atoms with van der Waals surface area (Å²) in [4.78, 5) is 9.74. The standard InChI is InChI=1S/C4H8BO3/c1-5-3-8-2-4(6)7/h2-3H2,1H3,(H,6,7). The maximum atomic E-state index is 9.74. The van der Waals surface area contributed by atoms with Gasteiger partial charge in [-0.2, -0.15) is 0 Å². The van der Waals surface area contributed by atoms with Gasteiger partial charge in [0.15, 0.2) is 0 Å². The highest BCUT2D eigenvalue weighted by molar-refractivity contribution is 6.33. The van der Waals surface area contributed by atoms with Crippen LogP contribution in [0.25, 0.3) is 0 Å². The lowest BCUT2D eigenvalue weighted by molar-refractivity contribution is -0.141. The predicted octanol–water partition coefficient (Wildman–Crippen LogP) is -0.203. The van der Waals surface area contributed by atoms with Crippen LogP contribution in [0.15, 0.2) is 0 Å². The van der Waals surface area contributed by atoms with Crippen molar-refractivity contribution in [2.45, 2.75) is 6.82 Å². The molecule has 0 rings (SSSR count). The zero-order valence-corrected chi connectivity index (χ0v) is 4.76. The van der Waals surface area contributed by atoms with Crippen LogP contribution in [0.3, 0.4) is 0 Å². The summed E-state index contributed by atoms with van der Waals surface area (Å²) < 4.78 is 4.59. The van der Waals surface area contributed by atoms with E-state index in [1.807, 2.05) is 6.82 Å². The van der Waals surface area contributed by atoms with Crippen LogP contribution < -0.4 is 0 Å². The molecule has 0 saturated heterocycles. The minimum absolute atomic E-state index is 0.204. The van der Waals surface area contributed by atoms with E-state index in [0.29, 0.717) is 6.51 Å². The molecular weight excluding hydrogens is 107 g/mol. The molecule has 0 aliphatic heterocycles. The van der Waals surface area contributed by atoms with Crippen LogP contribution in [0.4, 0.5) is 0 Å². The molecule has 0 aromatic carbocycles. The van der Waals surface area contributed by atoms with Crippen molar-refractivity contribution in [1.29, 1.82) is 0 Å². The number of carbonyl (C=O) groups is 1. The molecule has 3 nitrogen and oxygen atoms in total. The van der Waals surface area contributed by atoms with Crippen molar-refractivity contribution in [3.8, 4) is 0 Å². The number of ether oxygens (including phenoxy) is 1. The zero-order valence-electron chi connectivity index (χ0n) is 4.76. The first-order valence-corrected chi connectivity index (χ1v) is 2.34. The topological polar surface area (TPSA) is 46.5 Å². The van der Waals surface area contributed by atoms with Gasteiger partial charge in [0.1, 0.15) is 13.9 Å². The van der Waals surface area contributed by atoms with Gasteiger partial charge in [0.05, 0.1) is 0 Å². The van der Waals surface area contributed by atoms with Crippen molar-refractivity contribution in [2.75, 3.05) is 13.1 Å². The summed E-state index contributed by atoms with van der Waals surface area (Å²) >= 11 is 0. The van der Waals surface area contributed by atoms with Crippen LogP contribution in [0, 0.1) is 0 Å². The molecule has 0 fully saturated rings. The van der Waals surface area contributed by atoms with Crippen molar-refractivity contribution in [2.24, 2.45) is 0 Å². The minimum atomic E-state index is -0.924. The fourth-order valence-electron chi connectivity index (χ4n) is 0.264. The Kier molecular flexibility index (Phi) is 4.36. The summed E-state index contributed by atoms with van der Waals surface area (Å²) in [5, 5.41) is 8.00. The number of aliphatic carboxylic acids is 1. The third-order valence-corrected chi connectivity index (χ3v) is 0.510. The Morgan fingerprint density at radius 2 is 2.50 bits per heavy atom. The molecule has 1 radical (unpaired) electrons. The second-order valence-electron chi connectivity index (χ2n) is 1.32. The van der Waals surface area contributed by atoms with Gasteiger partial charge in [0.2, 0.25) is 0 Å². The highest BCUT2D eigenvalue weighted by Crippen LogP contribution is 1.70. The van der Waals surface area contributed by atoms with Gasteiger partial charge in [0.25, 0.3) is 0 Å². The van der Waals surface area contributed by atoms with Crippen molar-refractivity contribution >= 4 is 13.2 Å². The second-order valence-corrected chi connectivity index (χ2v) is 1.32. The molecule has 0 spiro atoms. The Bertz CT molecular complexity index is 73.7. The zero-order chi connectivity index (χ0) is 6.41. The third kappa shape index (κ3) is 5.49. The molecule has 45 valence electrons. The van der Waals surface area contributed by atoms with Crippen molar-refractivity contribution < 1.29 is 14.6 Å². The summed E-state index contributed by atoms with van der Waals surface area (Å²) in [5.74, 6) is -0.924. The number of hydrogen-bond acceptors (Lipinski definition) is 2. The van der Waals surface area contributed by atoms with Gasteiger partial charge in [-0.3, -0.25) is 0 Å². The molecule has 0 amide bonds. The molecule has 0 atom stereocenters. The maximum Gasteiger partial charge on any atom is 0.329 e. The first-order valence-electron chi connectivity index (χ1n) is 2.34. The smallest absolute Gasteiger partial charge is 0.329 e. The average Bonchev–Trinajstić information content (AvgIpc) is 1.66. The molecule has 4 heteroatoms. The Labute approximate surface area is 48.9 Å². The molecule has 0 aliphatic carbocycles. The lowest BCUT2D eigenvalue weighted by atomic mass is 9.85. The molecule has 0 aromatic heterocycles. The summed E-state index contributed by atoms with van der Waals surface area (Å²) in [5.41, 5.74) is 0. The van der Waals surface area contributed by atoms with Crippen molar-refractivity contribution in [1.82, 2.24) is 0 Å². The van der Waals surface area contributed by atoms with Crippen LogP contribution in [-0.2, 0) is 9.53 Å². The molecule has 0 bridgehead atoms. The Hall–Kier alpha value is -0.505. The molecule has 1 N–H and O–H groups in total. The summed E-state index contributed by atoms with van der Waals surface area (Å²) in [6.45, 7) is 2.01. The van der Waals surface area contributed by atoms with E-state index in [9.17, 15) is 4.79 Å². The Morgan fingerprint density at radius 3 is 2.88 bits per heavy atom. The molecule has 0 heterocycles. The minimum Gasteiger partial charge on any atom is -0.480 e. The molecule has 0 aromatic rings. The first kappa shape index (κ1) is 7.49. The normalized spacial score (nSPS) is 8.62. The second kappa shape index (κ2) is 4.65. The Morgan fingerprint density at radius 1 is 1.88 bits per heavy atom. The van der Waals surface area contributed by atoms with Gasteiger partial charge in [-0.25, -0.2) is 4.79 Å². The molecule has 0 saturated carbocycles. The summed E-state index contributed by atoms with van der Waals surface area (Å²) in [6.07, 6.45) is 0. The largest absolute Gasteiger partial charge is 0.480 e. The average molecular weight is 115 g/mol. The van der Waals surface area contributed by atoms with Crippen LogP contribution in [0.5, 0.6) is 0 Å². The quantitative estimate of drug-likeness (QED) is 0.407. The van der Waals surface area contributed by atoms with E-state index in [0.717, 1.165) is 0 Å². The number of carboxylic acid groups (broad SMARTS) is 1. The van der Waals surface area contributed by atoms with Crippen LogP contribution in [0.1, 0.15) is 0 Å². The third-order valence-electron chi connectivity index (χ3n) is 0.510. The monoisotopic (exact) mass is 115 g/mol. The predicted molar refractivity (Wildman–Crippen MR) is 30.1 cm³/mol. The lowest BCUT2D eigenvalue weighted by Crippen LogP contribution is -2.09. The molecule has 0 unspecified atom stereocenters. The molecule has 0 aliphatic rings. The van der Waals surface area contributed by atoms with E-state index in [4.69, 9.17) is 5.11 Å². The van der Waals surface area contributed by atoms with Gasteiger partial charge in [-0.05, 0) is 0 Å². The summed E-state index contributed by atoms with van der Waals surface area (Å²) in [7, 11) is 1.75. The number of rotatable bonds is 4. The molecule has 8 heavy (non-hydrogen) atoms. The maximum absolute atomic E-state index is 9.74. The molecular formula is C4H8BO3. The van der Waals surface area contributed by atoms with Gasteiger partial charge in [0, 0.05) is 6.51 Å². The van der Waals surface area contributed by atoms with Crippen LogP contribution >= 0.6 is 0 Å². The van der Waals surface area contributed by atoms with E-state index in [-0.39, 0.29) is 6.61 Å². The van der Waals surface area contributed by atoms with E-state index in [1.165, 1.54) is 0 Å². The van der Waals surface area contributed by atoms with Gasteiger partial charge < -0.3 is 9.84 Å². The fraction of sp³-hybridized carbons (Fsp3) is 0.750. The fourth-order valence-corrected chi connectivity index (χ4v) is 0.264. The number of hydrogen-bond donors (Lipinski definition) is 1. The van der Waals surface area contributed by atoms with E-state index in [2.05, 4.69) is 4.74 Å².